The van der Waals surface area contributed by atoms with Crippen molar-refractivity contribution >= 4 is 0 Å². The highest BCUT2D eigenvalue weighted by molar-refractivity contribution is 5.23. The lowest BCUT2D eigenvalue weighted by atomic mass is 9.98. The van der Waals surface area contributed by atoms with Crippen LogP contribution in [-0.2, 0) is 17.7 Å². The molecule has 0 fully saturated rings. The van der Waals surface area contributed by atoms with Crippen LogP contribution in [0.4, 0.5) is 0 Å². The van der Waals surface area contributed by atoms with Crippen LogP contribution >= 0.6 is 0 Å². The molecule has 1 heterocycles. The Balaban J connectivity index is 1.86. The normalized spacial score (nSPS) is 18.5. The molecule has 0 radical (unpaired) electrons. The molecule has 0 amide bonds. The van der Waals surface area contributed by atoms with Gasteiger partial charge in [-0.3, -0.25) is 0 Å². The molecule has 1 unspecified atom stereocenters. The summed E-state index contributed by atoms with van der Waals surface area (Å²) >= 11 is 0. The van der Waals surface area contributed by atoms with E-state index >= 15 is 0 Å². The number of ether oxygens (including phenoxy) is 1. The number of aryl methyl sites for hydroxylation is 1. The summed E-state index contributed by atoms with van der Waals surface area (Å²) in [7, 11) is 0. The second-order valence-corrected chi connectivity index (χ2v) is 6.11. The van der Waals surface area contributed by atoms with Gasteiger partial charge in [0.05, 0.1) is 12.2 Å². The highest BCUT2D eigenvalue weighted by Crippen LogP contribution is 2.29. The standard InChI is InChI=1S/C18H25N3O/c1-3-22-17-8-6-4-5-7-16-18(17)19-20-21(16)13-15-11-9-14(2)10-12-15/h9-12,17H,3-8,13H2,1-2H3. The average Bonchev–Trinajstić information content (AvgIpc) is 2.88. The summed E-state index contributed by atoms with van der Waals surface area (Å²) in [6, 6.07) is 8.65. The Bertz CT molecular complexity index is 603. The maximum Gasteiger partial charge on any atom is 0.115 e. The molecule has 0 bridgehead atoms. The summed E-state index contributed by atoms with van der Waals surface area (Å²) < 4.78 is 7.98. The van der Waals surface area contributed by atoms with Gasteiger partial charge in [0.25, 0.3) is 0 Å². The SMILES string of the molecule is CCOC1CCCCCc2c1nnn2Cc1ccc(C)cc1. The van der Waals surface area contributed by atoms with E-state index in [1.165, 1.54) is 36.1 Å². The third kappa shape index (κ3) is 3.38. The molecule has 118 valence electrons. The fourth-order valence-corrected chi connectivity index (χ4v) is 3.15. The van der Waals surface area contributed by atoms with Gasteiger partial charge in [-0.2, -0.15) is 0 Å². The predicted molar refractivity (Wildman–Crippen MR) is 86.8 cm³/mol. The zero-order valence-corrected chi connectivity index (χ0v) is 13.6. The largest absolute Gasteiger partial charge is 0.372 e. The lowest BCUT2D eigenvalue weighted by Crippen LogP contribution is -2.13. The number of aromatic nitrogens is 3. The summed E-state index contributed by atoms with van der Waals surface area (Å²) in [5.74, 6) is 0. The summed E-state index contributed by atoms with van der Waals surface area (Å²) in [5.41, 5.74) is 4.88. The number of hydrogen-bond acceptors (Lipinski definition) is 3. The molecule has 0 aliphatic heterocycles. The van der Waals surface area contributed by atoms with Crippen molar-refractivity contribution in [2.75, 3.05) is 6.61 Å². The highest BCUT2D eigenvalue weighted by Gasteiger charge is 2.23. The Morgan fingerprint density at radius 2 is 2.00 bits per heavy atom. The minimum atomic E-state index is 0.118. The zero-order chi connectivity index (χ0) is 15.4. The van der Waals surface area contributed by atoms with E-state index < -0.39 is 0 Å². The van der Waals surface area contributed by atoms with Gasteiger partial charge in [-0.15, -0.1) is 5.10 Å². The molecular formula is C18H25N3O. The fraction of sp³-hybridized carbons (Fsp3) is 0.556. The maximum absolute atomic E-state index is 5.91. The van der Waals surface area contributed by atoms with E-state index in [-0.39, 0.29) is 6.10 Å². The second-order valence-electron chi connectivity index (χ2n) is 6.11. The molecule has 1 aliphatic rings. The van der Waals surface area contributed by atoms with Gasteiger partial charge in [-0.25, -0.2) is 4.68 Å². The number of benzene rings is 1. The van der Waals surface area contributed by atoms with Crippen molar-refractivity contribution in [1.29, 1.82) is 0 Å². The topological polar surface area (TPSA) is 39.9 Å². The van der Waals surface area contributed by atoms with Crippen LogP contribution in [0, 0.1) is 6.92 Å². The molecule has 22 heavy (non-hydrogen) atoms. The van der Waals surface area contributed by atoms with Crippen molar-refractivity contribution in [1.82, 2.24) is 15.0 Å². The van der Waals surface area contributed by atoms with Gasteiger partial charge in [0.15, 0.2) is 0 Å². The lowest BCUT2D eigenvalue weighted by Gasteiger charge is -2.19. The van der Waals surface area contributed by atoms with E-state index in [2.05, 4.69) is 53.1 Å². The minimum Gasteiger partial charge on any atom is -0.372 e. The average molecular weight is 299 g/mol. The van der Waals surface area contributed by atoms with Gasteiger partial charge >= 0.3 is 0 Å². The van der Waals surface area contributed by atoms with Gasteiger partial charge in [-0.05, 0) is 38.7 Å². The van der Waals surface area contributed by atoms with Gasteiger partial charge in [0.1, 0.15) is 11.8 Å². The molecule has 0 saturated heterocycles. The molecule has 1 aliphatic carbocycles. The van der Waals surface area contributed by atoms with E-state index in [0.717, 1.165) is 31.7 Å². The third-order valence-electron chi connectivity index (χ3n) is 4.37. The smallest absolute Gasteiger partial charge is 0.115 e. The first kappa shape index (κ1) is 15.2. The monoisotopic (exact) mass is 299 g/mol. The number of fused-ring (bicyclic) bond motifs is 1. The van der Waals surface area contributed by atoms with Crippen molar-refractivity contribution < 1.29 is 4.74 Å². The van der Waals surface area contributed by atoms with E-state index in [9.17, 15) is 0 Å². The third-order valence-corrected chi connectivity index (χ3v) is 4.37. The summed E-state index contributed by atoms with van der Waals surface area (Å²) in [4.78, 5) is 0. The molecule has 4 heteroatoms. The number of nitrogens with zero attached hydrogens (tertiary/aromatic N) is 3. The van der Waals surface area contributed by atoms with E-state index in [4.69, 9.17) is 4.74 Å². The molecule has 0 N–H and O–H groups in total. The molecule has 4 nitrogen and oxygen atoms in total. The van der Waals surface area contributed by atoms with E-state index in [0.29, 0.717) is 0 Å². The molecule has 0 spiro atoms. The van der Waals surface area contributed by atoms with Crippen LogP contribution in [0.15, 0.2) is 24.3 Å². The molecular weight excluding hydrogens is 274 g/mol. The first-order valence-corrected chi connectivity index (χ1v) is 8.37. The Hall–Kier alpha value is -1.68. The first-order chi connectivity index (χ1) is 10.8. The predicted octanol–water partition coefficient (Wildman–Crippen LogP) is 3.83. The molecule has 1 aromatic carbocycles. The van der Waals surface area contributed by atoms with Gasteiger partial charge in [0.2, 0.25) is 0 Å². The van der Waals surface area contributed by atoms with Crippen LogP contribution in [0.5, 0.6) is 0 Å². The number of hydrogen-bond donors (Lipinski definition) is 0. The second kappa shape index (κ2) is 7.05. The molecule has 0 saturated carbocycles. The van der Waals surface area contributed by atoms with Crippen molar-refractivity contribution in [2.45, 2.75) is 58.6 Å². The van der Waals surface area contributed by atoms with Crippen molar-refractivity contribution in [3.63, 3.8) is 0 Å². The lowest BCUT2D eigenvalue weighted by molar-refractivity contribution is 0.0493. The van der Waals surface area contributed by atoms with Crippen LogP contribution in [0.2, 0.25) is 0 Å². The maximum atomic E-state index is 5.91. The highest BCUT2D eigenvalue weighted by atomic mass is 16.5. The van der Waals surface area contributed by atoms with Gasteiger partial charge in [-0.1, -0.05) is 47.9 Å². The van der Waals surface area contributed by atoms with Crippen LogP contribution in [-0.4, -0.2) is 21.6 Å². The van der Waals surface area contributed by atoms with Crippen LogP contribution < -0.4 is 0 Å². The first-order valence-electron chi connectivity index (χ1n) is 8.37. The van der Waals surface area contributed by atoms with Gasteiger partial charge in [0, 0.05) is 6.61 Å². The molecule has 1 atom stereocenters. The van der Waals surface area contributed by atoms with Gasteiger partial charge < -0.3 is 4.74 Å². The summed E-state index contributed by atoms with van der Waals surface area (Å²) in [6.45, 7) is 5.69. The van der Waals surface area contributed by atoms with Crippen molar-refractivity contribution in [2.24, 2.45) is 0 Å². The quantitative estimate of drug-likeness (QED) is 0.861. The van der Waals surface area contributed by atoms with Crippen molar-refractivity contribution in [3.05, 3.63) is 46.8 Å². The van der Waals surface area contributed by atoms with Crippen molar-refractivity contribution in [3.8, 4) is 0 Å². The Kier molecular flexibility index (Phi) is 4.88. The Morgan fingerprint density at radius 3 is 2.77 bits per heavy atom. The molecule has 3 rings (SSSR count). The molecule has 2 aromatic rings. The Labute approximate surface area is 132 Å². The Morgan fingerprint density at radius 1 is 1.18 bits per heavy atom. The van der Waals surface area contributed by atoms with E-state index in [1.54, 1.807) is 0 Å². The van der Waals surface area contributed by atoms with Crippen LogP contribution in [0.3, 0.4) is 0 Å². The summed E-state index contributed by atoms with van der Waals surface area (Å²) in [5, 5.41) is 8.88. The minimum absolute atomic E-state index is 0.118. The van der Waals surface area contributed by atoms with Crippen LogP contribution in [0.1, 0.15) is 61.2 Å². The number of rotatable bonds is 4. The van der Waals surface area contributed by atoms with E-state index in [1.807, 2.05) is 0 Å². The van der Waals surface area contributed by atoms with Crippen LogP contribution in [0.25, 0.3) is 0 Å². The zero-order valence-electron chi connectivity index (χ0n) is 13.6. The fourth-order valence-electron chi connectivity index (χ4n) is 3.15. The summed E-state index contributed by atoms with van der Waals surface area (Å²) in [6.07, 6.45) is 5.93. The molecule has 1 aromatic heterocycles.